The molecule has 0 spiro atoms. The number of aromatic nitrogens is 5. The smallest absolute Gasteiger partial charge is 0.241 e. The summed E-state index contributed by atoms with van der Waals surface area (Å²) in [6.45, 7) is 3.88. The molecule has 2 aromatic heterocycles. The molecule has 2 heterocycles. The first kappa shape index (κ1) is 12.8. The van der Waals surface area contributed by atoms with Crippen molar-refractivity contribution < 1.29 is 0 Å². The zero-order valence-electron chi connectivity index (χ0n) is 11.6. The van der Waals surface area contributed by atoms with Gasteiger partial charge in [-0.15, -0.1) is 0 Å². The quantitative estimate of drug-likeness (QED) is 0.799. The fourth-order valence-electron chi connectivity index (χ4n) is 1.81. The van der Waals surface area contributed by atoms with Crippen LogP contribution in [0.1, 0.15) is 26.2 Å². The van der Waals surface area contributed by atoms with E-state index in [1.54, 1.807) is 17.1 Å². The first-order chi connectivity index (χ1) is 9.85. The Morgan fingerprint density at radius 1 is 1.20 bits per heavy atom. The van der Waals surface area contributed by atoms with Crippen molar-refractivity contribution >= 4 is 11.9 Å². The van der Waals surface area contributed by atoms with Crippen LogP contribution in [0.5, 0.6) is 0 Å². The van der Waals surface area contributed by atoms with Crippen LogP contribution in [0.3, 0.4) is 0 Å². The number of rotatable bonds is 7. The zero-order valence-corrected chi connectivity index (χ0v) is 11.6. The van der Waals surface area contributed by atoms with Gasteiger partial charge in [-0.05, 0) is 25.2 Å². The van der Waals surface area contributed by atoms with Crippen LogP contribution in [0.2, 0.25) is 0 Å². The van der Waals surface area contributed by atoms with Crippen molar-refractivity contribution in [2.75, 3.05) is 23.7 Å². The standard InChI is InChI=1S/C13H19N7/c1-2-5-15-11-17-12(16-8-10-3-4-10)19-13(18-11)20-7-6-14-9-20/h6-7,9-10H,2-5,8H2,1H3,(H2,15,16,17,18,19). The molecule has 0 aromatic carbocycles. The van der Waals surface area contributed by atoms with Gasteiger partial charge in [-0.25, -0.2) is 4.98 Å². The van der Waals surface area contributed by atoms with E-state index in [0.29, 0.717) is 17.8 Å². The lowest BCUT2D eigenvalue weighted by Crippen LogP contribution is -2.13. The van der Waals surface area contributed by atoms with Gasteiger partial charge in [0.25, 0.3) is 0 Å². The molecule has 0 saturated heterocycles. The minimum Gasteiger partial charge on any atom is -0.354 e. The van der Waals surface area contributed by atoms with E-state index in [2.05, 4.69) is 37.5 Å². The summed E-state index contributed by atoms with van der Waals surface area (Å²) in [6.07, 6.45) is 8.84. The molecular weight excluding hydrogens is 254 g/mol. The van der Waals surface area contributed by atoms with E-state index >= 15 is 0 Å². The Bertz CT molecular complexity index is 548. The van der Waals surface area contributed by atoms with Gasteiger partial charge in [-0.3, -0.25) is 4.57 Å². The molecule has 2 aromatic rings. The molecular formula is C13H19N7. The Hall–Kier alpha value is -2.18. The van der Waals surface area contributed by atoms with E-state index in [-0.39, 0.29) is 0 Å². The predicted molar refractivity (Wildman–Crippen MR) is 76.9 cm³/mol. The van der Waals surface area contributed by atoms with Crippen LogP contribution in [0.25, 0.3) is 5.95 Å². The van der Waals surface area contributed by atoms with Gasteiger partial charge in [0, 0.05) is 25.5 Å². The molecule has 7 heteroatoms. The summed E-state index contributed by atoms with van der Waals surface area (Å²) in [5, 5.41) is 6.49. The van der Waals surface area contributed by atoms with Gasteiger partial charge in [0.2, 0.25) is 17.8 Å². The summed E-state index contributed by atoms with van der Waals surface area (Å²) < 4.78 is 1.78. The predicted octanol–water partition coefficient (Wildman–Crippen LogP) is 1.70. The second-order valence-electron chi connectivity index (χ2n) is 5.00. The number of imidazole rings is 1. The first-order valence-corrected chi connectivity index (χ1v) is 7.07. The van der Waals surface area contributed by atoms with Gasteiger partial charge in [0.1, 0.15) is 6.33 Å². The number of nitrogens with zero attached hydrogens (tertiary/aromatic N) is 5. The van der Waals surface area contributed by atoms with Crippen LogP contribution in [0.4, 0.5) is 11.9 Å². The van der Waals surface area contributed by atoms with Gasteiger partial charge in [0.05, 0.1) is 0 Å². The Balaban J connectivity index is 1.81. The number of hydrogen-bond acceptors (Lipinski definition) is 6. The Morgan fingerprint density at radius 2 is 2.00 bits per heavy atom. The van der Waals surface area contributed by atoms with Crippen LogP contribution in [-0.4, -0.2) is 37.6 Å². The van der Waals surface area contributed by atoms with E-state index in [1.807, 2.05) is 6.20 Å². The minimum absolute atomic E-state index is 0.578. The molecule has 0 unspecified atom stereocenters. The molecule has 0 aliphatic heterocycles. The maximum Gasteiger partial charge on any atom is 0.241 e. The lowest BCUT2D eigenvalue weighted by atomic mass is 10.4. The van der Waals surface area contributed by atoms with Gasteiger partial charge in [0.15, 0.2) is 0 Å². The summed E-state index contributed by atoms with van der Waals surface area (Å²) in [5.41, 5.74) is 0. The lowest BCUT2D eigenvalue weighted by molar-refractivity contribution is 0.844. The molecule has 106 valence electrons. The van der Waals surface area contributed by atoms with E-state index in [1.165, 1.54) is 12.8 Å². The van der Waals surface area contributed by atoms with Crippen molar-refractivity contribution in [3.8, 4) is 5.95 Å². The van der Waals surface area contributed by atoms with Gasteiger partial charge >= 0.3 is 0 Å². The molecule has 0 amide bonds. The largest absolute Gasteiger partial charge is 0.354 e. The molecule has 0 atom stereocenters. The highest BCUT2D eigenvalue weighted by atomic mass is 15.3. The normalized spacial score (nSPS) is 14.2. The van der Waals surface area contributed by atoms with Gasteiger partial charge in [-0.2, -0.15) is 15.0 Å². The van der Waals surface area contributed by atoms with Gasteiger partial charge in [-0.1, -0.05) is 6.92 Å². The monoisotopic (exact) mass is 273 g/mol. The van der Waals surface area contributed by atoms with Crippen molar-refractivity contribution in [3.05, 3.63) is 18.7 Å². The SMILES string of the molecule is CCCNc1nc(NCC2CC2)nc(-n2ccnc2)n1. The van der Waals surface area contributed by atoms with Crippen molar-refractivity contribution in [2.24, 2.45) is 5.92 Å². The maximum absolute atomic E-state index is 4.43. The highest BCUT2D eigenvalue weighted by molar-refractivity contribution is 5.38. The molecule has 1 aliphatic carbocycles. The molecule has 0 bridgehead atoms. The highest BCUT2D eigenvalue weighted by Gasteiger charge is 2.21. The summed E-state index contributed by atoms with van der Waals surface area (Å²) in [7, 11) is 0. The maximum atomic E-state index is 4.43. The molecule has 2 N–H and O–H groups in total. The molecule has 7 nitrogen and oxygen atoms in total. The summed E-state index contributed by atoms with van der Waals surface area (Å²) in [5.74, 6) is 2.57. The third-order valence-electron chi connectivity index (χ3n) is 3.14. The van der Waals surface area contributed by atoms with E-state index in [4.69, 9.17) is 0 Å². The highest BCUT2D eigenvalue weighted by Crippen LogP contribution is 2.28. The third kappa shape index (κ3) is 3.23. The number of anilines is 2. The van der Waals surface area contributed by atoms with E-state index < -0.39 is 0 Å². The van der Waals surface area contributed by atoms with Crippen LogP contribution < -0.4 is 10.6 Å². The van der Waals surface area contributed by atoms with Crippen LogP contribution in [0.15, 0.2) is 18.7 Å². The summed E-state index contributed by atoms with van der Waals surface area (Å²) in [4.78, 5) is 17.3. The molecule has 0 radical (unpaired) electrons. The Labute approximate surface area is 117 Å². The molecule has 3 rings (SSSR count). The fraction of sp³-hybridized carbons (Fsp3) is 0.538. The lowest BCUT2D eigenvalue weighted by Gasteiger charge is -2.09. The summed E-state index contributed by atoms with van der Waals surface area (Å²) in [6, 6.07) is 0. The average molecular weight is 273 g/mol. The van der Waals surface area contributed by atoms with Crippen LogP contribution in [0, 0.1) is 5.92 Å². The van der Waals surface area contributed by atoms with Crippen LogP contribution in [-0.2, 0) is 0 Å². The van der Waals surface area contributed by atoms with Crippen molar-refractivity contribution in [1.29, 1.82) is 0 Å². The molecule has 1 saturated carbocycles. The summed E-state index contributed by atoms with van der Waals surface area (Å²) >= 11 is 0. The molecule has 20 heavy (non-hydrogen) atoms. The Morgan fingerprint density at radius 3 is 2.65 bits per heavy atom. The first-order valence-electron chi connectivity index (χ1n) is 7.07. The molecule has 1 fully saturated rings. The number of nitrogens with one attached hydrogen (secondary N) is 2. The van der Waals surface area contributed by atoms with Gasteiger partial charge < -0.3 is 10.6 Å². The fourth-order valence-corrected chi connectivity index (χ4v) is 1.81. The third-order valence-corrected chi connectivity index (χ3v) is 3.14. The van der Waals surface area contributed by atoms with E-state index in [9.17, 15) is 0 Å². The average Bonchev–Trinajstić information content (AvgIpc) is 3.14. The van der Waals surface area contributed by atoms with Crippen molar-refractivity contribution in [1.82, 2.24) is 24.5 Å². The van der Waals surface area contributed by atoms with E-state index in [0.717, 1.165) is 25.4 Å². The Kier molecular flexibility index (Phi) is 3.76. The topological polar surface area (TPSA) is 80.5 Å². The second kappa shape index (κ2) is 5.85. The van der Waals surface area contributed by atoms with Crippen molar-refractivity contribution in [3.63, 3.8) is 0 Å². The van der Waals surface area contributed by atoms with Crippen LogP contribution >= 0.6 is 0 Å². The zero-order chi connectivity index (χ0) is 13.8. The molecule has 1 aliphatic rings. The second-order valence-corrected chi connectivity index (χ2v) is 5.00. The minimum atomic E-state index is 0.578. The van der Waals surface area contributed by atoms with Crippen molar-refractivity contribution in [2.45, 2.75) is 26.2 Å². The number of hydrogen-bond donors (Lipinski definition) is 2.